The molecule has 5 heterocycles. The van der Waals surface area contributed by atoms with Crippen LogP contribution in [0.2, 0.25) is 0 Å². The van der Waals surface area contributed by atoms with Crippen molar-refractivity contribution in [3.8, 4) is 112 Å². The largest absolute Gasteiger partial charge is 0.310 e. The van der Waals surface area contributed by atoms with Gasteiger partial charge in [0.15, 0.2) is 5.82 Å². The number of hydrogen-bond acceptors (Lipinski definition) is 2. The highest BCUT2D eigenvalue weighted by Gasteiger charge is 2.43. The van der Waals surface area contributed by atoms with Crippen molar-refractivity contribution >= 4 is 66.7 Å². The third-order valence-electron chi connectivity index (χ3n) is 24.0. The molecule has 0 fully saturated rings. The Labute approximate surface area is 657 Å². The number of rotatable bonds is 9. The van der Waals surface area contributed by atoms with E-state index in [4.69, 9.17) is 9.97 Å². The first kappa shape index (κ1) is 71.2. The topological polar surface area (TPSA) is 35.6 Å². The highest BCUT2D eigenvalue weighted by molar-refractivity contribution is 7.00. The lowest BCUT2D eigenvalue weighted by molar-refractivity contribution is 0.568. The highest BCUT2D eigenvalue weighted by atomic mass is 15.0. The summed E-state index contributed by atoms with van der Waals surface area (Å²) >= 11 is 0. The Balaban J connectivity index is 1.05. The lowest BCUT2D eigenvalue weighted by atomic mass is 9.34. The van der Waals surface area contributed by atoms with Gasteiger partial charge in [-0.2, -0.15) is 0 Å². The van der Waals surface area contributed by atoms with Crippen LogP contribution in [0.4, 0.5) is 0 Å². The molecular formula is C106H99BN4. The van der Waals surface area contributed by atoms with Gasteiger partial charge in [0.2, 0.25) is 0 Å². The molecule has 0 bridgehead atoms. The Bertz CT molecular complexity index is 5980. The minimum atomic E-state index is -0.253. The molecule has 5 heteroatoms. The summed E-state index contributed by atoms with van der Waals surface area (Å²) in [4.78, 5) is 11.9. The molecule has 0 unspecified atom stereocenters. The van der Waals surface area contributed by atoms with Crippen LogP contribution in [0.1, 0.15) is 158 Å². The van der Waals surface area contributed by atoms with E-state index in [9.17, 15) is 0 Å². The zero-order chi connectivity index (χ0) is 77.3. The van der Waals surface area contributed by atoms with E-state index in [-0.39, 0.29) is 39.2 Å². The van der Waals surface area contributed by atoms with Gasteiger partial charge in [0, 0.05) is 60.6 Å². The molecule has 13 aromatic carbocycles. The molecule has 0 amide bonds. The van der Waals surface area contributed by atoms with Gasteiger partial charge in [0.25, 0.3) is 6.71 Å². The van der Waals surface area contributed by atoms with Gasteiger partial charge in [0.05, 0.1) is 22.4 Å². The Morgan fingerprint density at radius 1 is 0.243 bits per heavy atom. The molecule has 0 N–H and O–H groups in total. The van der Waals surface area contributed by atoms with Crippen molar-refractivity contribution in [2.45, 2.75) is 157 Å². The summed E-state index contributed by atoms with van der Waals surface area (Å²) in [7, 11) is 0. The fourth-order valence-corrected chi connectivity index (χ4v) is 17.5. The van der Waals surface area contributed by atoms with Crippen LogP contribution in [0.25, 0.3) is 156 Å². The van der Waals surface area contributed by atoms with Crippen molar-refractivity contribution in [2.75, 3.05) is 0 Å². The molecule has 3 aromatic heterocycles. The Morgan fingerprint density at radius 3 is 0.892 bits per heavy atom. The SMILES string of the molecule is CC(C)(C)c1ccc(-c2cc3c4c(c2)c2c(-c5ccccc5)cc(-c5ccccc5)cc2n4-c2cc(-c4cc(-c5cc(C(C)(C)C)cc(C(C)(C)C)c5)nc(-c5cc(C(C)(C)C)cc(C(C)(C)C)c5)n4)cc4c2B3c2cc(-c3ccc(C(C)(C)C)cc3)cc3c5c(-c6ccccc6)cc(-c6ccccc6)cc5n-4c23)cc1. The molecule has 0 saturated heterocycles. The molecular weight excluding hydrogens is 1340 g/mol. The average molecular weight is 1440 g/mol. The van der Waals surface area contributed by atoms with Crippen molar-refractivity contribution in [2.24, 2.45) is 0 Å². The van der Waals surface area contributed by atoms with Crippen LogP contribution in [-0.4, -0.2) is 25.8 Å². The number of fused-ring (bicyclic) bond motifs is 10. The molecule has 4 nitrogen and oxygen atoms in total. The van der Waals surface area contributed by atoms with Crippen LogP contribution in [-0.2, 0) is 32.5 Å². The van der Waals surface area contributed by atoms with Crippen molar-refractivity contribution in [3.05, 3.63) is 306 Å². The maximum Gasteiger partial charge on any atom is 0.252 e. The summed E-state index contributed by atoms with van der Waals surface area (Å²) < 4.78 is 5.40. The first-order valence-corrected chi connectivity index (χ1v) is 40.0. The van der Waals surface area contributed by atoms with E-state index in [1.807, 2.05) is 0 Å². The summed E-state index contributed by atoms with van der Waals surface area (Å²) in [5.41, 5.74) is 36.8. The fraction of sp³-hybridized carbons (Fsp3) is 0.226. The van der Waals surface area contributed by atoms with E-state index >= 15 is 0 Å². The van der Waals surface area contributed by atoms with E-state index in [1.165, 1.54) is 127 Å². The molecule has 18 rings (SSSR count). The molecule has 111 heavy (non-hydrogen) atoms. The maximum absolute atomic E-state index is 6.05. The second-order valence-corrected chi connectivity index (χ2v) is 38.0. The fourth-order valence-electron chi connectivity index (χ4n) is 17.5. The minimum Gasteiger partial charge on any atom is -0.310 e. The zero-order valence-corrected chi connectivity index (χ0v) is 67.8. The first-order valence-electron chi connectivity index (χ1n) is 40.0. The standard InChI is InChI=1S/C106H99BN4/c1-101(2,3)77-43-39-66(40-44-77)70-53-85-95-83(68-35-27-21-28-36-68)51-72(64-31-23-19-24-32-64)57-91(95)110-93-59-75(90-63-89(74-47-79(103(7,8)9)61-80(48-74)104(10,11)12)108-100(109-90)76-49-81(105(13,14)15)62-82(50-76)106(16,17)18)60-94-97(93)107(87(55-70)98(85)110)88-56-71(67-41-45-78(46-42-67)102(4,5)6)54-86-96-84(69-37-29-22-30-38-69)52-73(65-33-25-20-26-34-65)58-92(96)111(94)99(86)88/h19-63H,1-18H3. The second-order valence-electron chi connectivity index (χ2n) is 38.0. The van der Waals surface area contributed by atoms with Gasteiger partial charge in [-0.3, -0.25) is 0 Å². The normalized spacial score (nSPS) is 13.1. The summed E-state index contributed by atoms with van der Waals surface area (Å²) in [6.45, 7) is 41.6. The molecule has 0 radical (unpaired) electrons. The van der Waals surface area contributed by atoms with Gasteiger partial charge in [-0.15, -0.1) is 0 Å². The predicted molar refractivity (Wildman–Crippen MR) is 476 cm³/mol. The van der Waals surface area contributed by atoms with E-state index < -0.39 is 0 Å². The van der Waals surface area contributed by atoms with E-state index in [0.29, 0.717) is 5.82 Å². The zero-order valence-electron chi connectivity index (χ0n) is 67.8. The molecule has 0 spiro atoms. The van der Waals surface area contributed by atoms with Gasteiger partial charge in [-0.1, -0.05) is 319 Å². The van der Waals surface area contributed by atoms with Gasteiger partial charge in [0.1, 0.15) is 0 Å². The van der Waals surface area contributed by atoms with E-state index in [1.54, 1.807) is 0 Å². The minimum absolute atomic E-state index is 0.0245. The van der Waals surface area contributed by atoms with Crippen LogP contribution >= 0.6 is 0 Å². The maximum atomic E-state index is 6.05. The molecule has 2 aliphatic rings. The van der Waals surface area contributed by atoms with Crippen LogP contribution in [0, 0.1) is 0 Å². The lowest BCUT2D eigenvalue weighted by Gasteiger charge is -2.35. The molecule has 546 valence electrons. The van der Waals surface area contributed by atoms with Gasteiger partial charge < -0.3 is 9.13 Å². The highest BCUT2D eigenvalue weighted by Crippen LogP contribution is 2.50. The lowest BCUT2D eigenvalue weighted by Crippen LogP contribution is -2.59. The molecule has 0 atom stereocenters. The third kappa shape index (κ3) is 12.4. The quantitative estimate of drug-likeness (QED) is 0.135. The van der Waals surface area contributed by atoms with E-state index in [0.717, 1.165) is 72.7 Å². The monoisotopic (exact) mass is 1440 g/mol. The van der Waals surface area contributed by atoms with Crippen LogP contribution in [0.5, 0.6) is 0 Å². The summed E-state index contributed by atoms with van der Waals surface area (Å²) in [6.07, 6.45) is 0. The number of aromatic nitrogens is 4. The predicted octanol–water partition coefficient (Wildman–Crippen LogP) is 26.6. The van der Waals surface area contributed by atoms with Crippen LogP contribution in [0.15, 0.2) is 273 Å². The number of nitrogens with zero attached hydrogens (tertiary/aromatic N) is 4. The number of hydrogen-bond donors (Lipinski definition) is 0. The summed E-state index contributed by atoms with van der Waals surface area (Å²) in [5, 5.41) is 4.88. The summed E-state index contributed by atoms with van der Waals surface area (Å²) in [6, 6.07) is 105. The average Bonchev–Trinajstić information content (AvgIpc) is 1.52. The molecule has 0 saturated carbocycles. The van der Waals surface area contributed by atoms with Crippen molar-refractivity contribution in [1.29, 1.82) is 0 Å². The Morgan fingerprint density at radius 2 is 0.550 bits per heavy atom. The Hall–Kier alpha value is -11.4. The van der Waals surface area contributed by atoms with Crippen molar-refractivity contribution in [1.82, 2.24) is 19.1 Å². The molecule has 16 aromatic rings. The third-order valence-corrected chi connectivity index (χ3v) is 24.0. The van der Waals surface area contributed by atoms with Gasteiger partial charge in [-0.05, 0) is 228 Å². The second kappa shape index (κ2) is 25.6. The van der Waals surface area contributed by atoms with Crippen molar-refractivity contribution < 1.29 is 0 Å². The van der Waals surface area contributed by atoms with Crippen LogP contribution < -0.4 is 16.4 Å². The van der Waals surface area contributed by atoms with E-state index in [2.05, 4.69) is 407 Å². The van der Waals surface area contributed by atoms with Gasteiger partial charge in [-0.25, -0.2) is 9.97 Å². The number of benzene rings is 13. The molecule has 2 aliphatic heterocycles. The van der Waals surface area contributed by atoms with Crippen molar-refractivity contribution in [3.63, 3.8) is 0 Å². The first-order chi connectivity index (χ1) is 52.8. The van der Waals surface area contributed by atoms with Gasteiger partial charge >= 0.3 is 0 Å². The Kier molecular flexibility index (Phi) is 16.4. The molecule has 0 aliphatic carbocycles. The van der Waals surface area contributed by atoms with Crippen LogP contribution in [0.3, 0.4) is 0 Å². The summed E-state index contributed by atoms with van der Waals surface area (Å²) in [5.74, 6) is 0.700. The smallest absolute Gasteiger partial charge is 0.252 e.